The summed E-state index contributed by atoms with van der Waals surface area (Å²) in [5.74, 6) is 3.28. The van der Waals surface area contributed by atoms with Crippen molar-refractivity contribution in [1.82, 2.24) is 9.97 Å². The predicted octanol–water partition coefficient (Wildman–Crippen LogP) is 2.09. The third kappa shape index (κ3) is 3.27. The monoisotopic (exact) mass is 240 g/mol. The van der Waals surface area contributed by atoms with Crippen molar-refractivity contribution in [1.29, 1.82) is 0 Å². The van der Waals surface area contributed by atoms with Crippen LogP contribution in [0.4, 0.5) is 11.6 Å². The van der Waals surface area contributed by atoms with E-state index in [0.29, 0.717) is 11.9 Å². The molecule has 0 fully saturated rings. The summed E-state index contributed by atoms with van der Waals surface area (Å²) in [7, 11) is 0. The third-order valence-corrected chi connectivity index (χ3v) is 3.18. The number of aromatic nitrogens is 2. The molecule has 1 atom stereocenters. The van der Waals surface area contributed by atoms with Gasteiger partial charge in [-0.25, -0.2) is 9.97 Å². The van der Waals surface area contributed by atoms with Crippen LogP contribution in [0.15, 0.2) is 0 Å². The zero-order chi connectivity index (χ0) is 12.1. The number of rotatable bonds is 5. The van der Waals surface area contributed by atoms with Gasteiger partial charge < -0.3 is 11.1 Å². The highest BCUT2D eigenvalue weighted by molar-refractivity contribution is 7.98. The van der Waals surface area contributed by atoms with Crippen LogP contribution >= 0.6 is 11.8 Å². The maximum Gasteiger partial charge on any atom is 0.135 e. The molecule has 5 heteroatoms. The Morgan fingerprint density at radius 3 is 2.69 bits per heavy atom. The number of nitrogens with one attached hydrogen (secondary N) is 1. The molecule has 0 saturated heterocycles. The number of hydrogen-bond donors (Lipinski definition) is 2. The Hall–Kier alpha value is -0.970. The highest BCUT2D eigenvalue weighted by atomic mass is 32.2. The molecule has 90 valence electrons. The van der Waals surface area contributed by atoms with E-state index in [1.807, 2.05) is 25.6 Å². The summed E-state index contributed by atoms with van der Waals surface area (Å²) in [5, 5.41) is 3.37. The van der Waals surface area contributed by atoms with Crippen LogP contribution in [0.3, 0.4) is 0 Å². The lowest BCUT2D eigenvalue weighted by Crippen LogP contribution is -2.20. The van der Waals surface area contributed by atoms with E-state index in [-0.39, 0.29) is 0 Å². The molecule has 1 heterocycles. The molecule has 1 aromatic heterocycles. The Morgan fingerprint density at radius 2 is 2.12 bits per heavy atom. The molecule has 1 aromatic rings. The van der Waals surface area contributed by atoms with Gasteiger partial charge in [0.1, 0.15) is 17.5 Å². The Labute approximate surface area is 101 Å². The molecule has 1 rings (SSSR count). The van der Waals surface area contributed by atoms with Crippen molar-refractivity contribution >= 4 is 23.4 Å². The van der Waals surface area contributed by atoms with Crippen molar-refractivity contribution in [3.8, 4) is 0 Å². The van der Waals surface area contributed by atoms with Gasteiger partial charge in [-0.2, -0.15) is 11.8 Å². The van der Waals surface area contributed by atoms with Gasteiger partial charge in [0.05, 0.1) is 0 Å². The normalized spacial score (nSPS) is 12.5. The first kappa shape index (κ1) is 13.1. The van der Waals surface area contributed by atoms with Gasteiger partial charge in [0.15, 0.2) is 0 Å². The molecule has 0 radical (unpaired) electrons. The predicted molar refractivity (Wildman–Crippen MR) is 72.0 cm³/mol. The minimum absolute atomic E-state index is 0.382. The lowest BCUT2D eigenvalue weighted by Gasteiger charge is -2.16. The van der Waals surface area contributed by atoms with Crippen molar-refractivity contribution in [2.75, 3.05) is 23.1 Å². The Kier molecular flexibility index (Phi) is 4.86. The second-order valence-corrected chi connectivity index (χ2v) is 4.76. The fourth-order valence-electron chi connectivity index (χ4n) is 1.41. The average molecular weight is 240 g/mol. The van der Waals surface area contributed by atoms with Crippen molar-refractivity contribution in [2.24, 2.45) is 0 Å². The van der Waals surface area contributed by atoms with Crippen molar-refractivity contribution in [2.45, 2.75) is 33.2 Å². The topological polar surface area (TPSA) is 63.8 Å². The Morgan fingerprint density at radius 1 is 1.44 bits per heavy atom. The van der Waals surface area contributed by atoms with Gasteiger partial charge in [0.25, 0.3) is 0 Å². The SMILES string of the molecule is CCc1nc(N)c(C)c(NC(C)CSC)n1. The van der Waals surface area contributed by atoms with Gasteiger partial charge in [-0.3, -0.25) is 0 Å². The van der Waals surface area contributed by atoms with Gasteiger partial charge in [-0.05, 0) is 20.1 Å². The second kappa shape index (κ2) is 5.94. The van der Waals surface area contributed by atoms with E-state index in [1.165, 1.54) is 0 Å². The Balaban J connectivity index is 2.89. The fraction of sp³-hybridized carbons (Fsp3) is 0.636. The minimum atomic E-state index is 0.382. The summed E-state index contributed by atoms with van der Waals surface area (Å²) in [4.78, 5) is 8.69. The molecule has 0 aromatic carbocycles. The summed E-state index contributed by atoms with van der Waals surface area (Å²) in [5.41, 5.74) is 6.79. The van der Waals surface area contributed by atoms with Crippen molar-refractivity contribution in [3.63, 3.8) is 0 Å². The van der Waals surface area contributed by atoms with Gasteiger partial charge in [0, 0.05) is 23.8 Å². The number of nitrogens with two attached hydrogens (primary N) is 1. The average Bonchev–Trinajstić information content (AvgIpc) is 2.24. The zero-order valence-corrected chi connectivity index (χ0v) is 11.2. The lowest BCUT2D eigenvalue weighted by atomic mass is 10.2. The van der Waals surface area contributed by atoms with Gasteiger partial charge in [0.2, 0.25) is 0 Å². The van der Waals surface area contributed by atoms with Crippen molar-refractivity contribution in [3.05, 3.63) is 11.4 Å². The number of nitrogen functional groups attached to an aromatic ring is 1. The van der Waals surface area contributed by atoms with Crippen LogP contribution in [0.25, 0.3) is 0 Å². The molecule has 1 unspecified atom stereocenters. The molecular formula is C11H20N4S. The van der Waals surface area contributed by atoms with Gasteiger partial charge in [-0.15, -0.1) is 0 Å². The smallest absolute Gasteiger partial charge is 0.135 e. The first-order valence-electron chi connectivity index (χ1n) is 5.46. The summed E-state index contributed by atoms with van der Waals surface area (Å²) in [6.07, 6.45) is 2.90. The van der Waals surface area contributed by atoms with Crippen LogP contribution in [0, 0.1) is 6.92 Å². The summed E-state index contributed by atoms with van der Waals surface area (Å²) in [6, 6.07) is 0.382. The molecule has 16 heavy (non-hydrogen) atoms. The van der Waals surface area contributed by atoms with E-state index in [2.05, 4.69) is 28.5 Å². The van der Waals surface area contributed by atoms with Crippen LogP contribution in [0.2, 0.25) is 0 Å². The fourth-order valence-corrected chi connectivity index (χ4v) is 1.99. The molecule has 0 aliphatic heterocycles. The maximum absolute atomic E-state index is 5.85. The quantitative estimate of drug-likeness (QED) is 0.825. The van der Waals surface area contributed by atoms with E-state index in [9.17, 15) is 0 Å². The zero-order valence-electron chi connectivity index (χ0n) is 10.4. The van der Waals surface area contributed by atoms with Gasteiger partial charge in [-0.1, -0.05) is 6.92 Å². The van der Waals surface area contributed by atoms with Crippen molar-refractivity contribution < 1.29 is 0 Å². The van der Waals surface area contributed by atoms with Crippen LogP contribution in [-0.4, -0.2) is 28.0 Å². The number of aryl methyl sites for hydroxylation is 1. The maximum atomic E-state index is 5.85. The standard InChI is InChI=1S/C11H20N4S/c1-5-9-14-10(12)8(3)11(15-9)13-7(2)6-16-4/h7H,5-6H2,1-4H3,(H3,12,13,14,15). The molecule has 0 aliphatic carbocycles. The van der Waals surface area contributed by atoms with Crippen LogP contribution < -0.4 is 11.1 Å². The largest absolute Gasteiger partial charge is 0.383 e. The molecule has 4 nitrogen and oxygen atoms in total. The van der Waals surface area contributed by atoms with Gasteiger partial charge >= 0.3 is 0 Å². The highest BCUT2D eigenvalue weighted by Crippen LogP contribution is 2.18. The summed E-state index contributed by atoms with van der Waals surface area (Å²) >= 11 is 1.81. The number of nitrogens with zero attached hydrogens (tertiary/aromatic N) is 2. The Bertz CT molecular complexity index is 354. The molecule has 0 amide bonds. The molecular weight excluding hydrogens is 220 g/mol. The molecule has 0 bridgehead atoms. The third-order valence-electron chi connectivity index (χ3n) is 2.35. The van der Waals surface area contributed by atoms with Crippen LogP contribution in [-0.2, 0) is 6.42 Å². The molecule has 0 aliphatic rings. The lowest BCUT2D eigenvalue weighted by molar-refractivity contribution is 0.873. The van der Waals surface area contributed by atoms with E-state index in [4.69, 9.17) is 5.73 Å². The number of anilines is 2. The van der Waals surface area contributed by atoms with E-state index in [0.717, 1.165) is 29.4 Å². The summed E-state index contributed by atoms with van der Waals surface area (Å²) in [6.45, 7) is 6.11. The number of thioether (sulfide) groups is 1. The van der Waals surface area contributed by atoms with Crippen LogP contribution in [0.1, 0.15) is 25.2 Å². The van der Waals surface area contributed by atoms with E-state index >= 15 is 0 Å². The first-order chi connectivity index (χ1) is 7.58. The summed E-state index contributed by atoms with van der Waals surface area (Å²) < 4.78 is 0. The second-order valence-electron chi connectivity index (χ2n) is 3.85. The van der Waals surface area contributed by atoms with Crippen LogP contribution in [0.5, 0.6) is 0 Å². The highest BCUT2D eigenvalue weighted by Gasteiger charge is 2.09. The molecule has 3 N–H and O–H groups in total. The van der Waals surface area contributed by atoms with E-state index in [1.54, 1.807) is 0 Å². The number of hydrogen-bond acceptors (Lipinski definition) is 5. The first-order valence-corrected chi connectivity index (χ1v) is 6.86. The molecule has 0 spiro atoms. The minimum Gasteiger partial charge on any atom is -0.383 e. The molecule has 0 saturated carbocycles. The van der Waals surface area contributed by atoms with E-state index < -0.39 is 0 Å².